The highest BCUT2D eigenvalue weighted by Crippen LogP contribution is 2.22. The van der Waals surface area contributed by atoms with E-state index >= 15 is 0 Å². The monoisotopic (exact) mass is 201 g/mol. The van der Waals surface area contributed by atoms with Gasteiger partial charge in [0, 0.05) is 11.3 Å². The molecule has 0 aromatic heterocycles. The quantitative estimate of drug-likeness (QED) is 0.598. The van der Waals surface area contributed by atoms with Gasteiger partial charge < -0.3 is 10.5 Å². The molecule has 2 nitrogen and oxygen atoms in total. The van der Waals surface area contributed by atoms with Crippen LogP contribution in [-0.4, -0.2) is 0 Å². The van der Waals surface area contributed by atoms with Crippen LogP contribution < -0.4 is 5.73 Å². The zero-order chi connectivity index (χ0) is 11.4. The lowest BCUT2D eigenvalue weighted by Crippen LogP contribution is -1.93. The lowest BCUT2D eigenvalue weighted by molar-refractivity contribution is 0.388. The molecule has 0 radical (unpaired) electrons. The SMILES string of the molecule is C=Cc1cc(C(=C)OC(=C)C)ccc1N. The topological polar surface area (TPSA) is 35.2 Å². The van der Waals surface area contributed by atoms with E-state index in [-0.39, 0.29) is 0 Å². The predicted molar refractivity (Wildman–Crippen MR) is 65.9 cm³/mol. The average Bonchev–Trinajstić information content (AvgIpc) is 2.17. The van der Waals surface area contributed by atoms with E-state index in [9.17, 15) is 0 Å². The molecule has 0 saturated carbocycles. The highest BCUT2D eigenvalue weighted by molar-refractivity contribution is 5.70. The Morgan fingerprint density at radius 2 is 2.07 bits per heavy atom. The number of hydrogen-bond donors (Lipinski definition) is 1. The van der Waals surface area contributed by atoms with E-state index in [1.165, 1.54) is 0 Å². The lowest BCUT2D eigenvalue weighted by atomic mass is 10.1. The maximum Gasteiger partial charge on any atom is 0.126 e. The fourth-order valence-electron chi connectivity index (χ4n) is 1.19. The molecule has 0 heterocycles. The maximum atomic E-state index is 5.74. The molecule has 0 saturated heterocycles. The third-order valence-electron chi connectivity index (χ3n) is 1.93. The maximum absolute atomic E-state index is 5.74. The number of nitrogens with two attached hydrogens (primary N) is 1. The summed E-state index contributed by atoms with van der Waals surface area (Å²) < 4.78 is 5.31. The van der Waals surface area contributed by atoms with Crippen LogP contribution in [0.2, 0.25) is 0 Å². The van der Waals surface area contributed by atoms with Gasteiger partial charge in [0.15, 0.2) is 0 Å². The first kappa shape index (κ1) is 11.1. The Kier molecular flexibility index (Phi) is 3.34. The Bertz CT molecular complexity index is 419. The van der Waals surface area contributed by atoms with Crippen molar-refractivity contribution in [3.63, 3.8) is 0 Å². The number of anilines is 1. The van der Waals surface area contributed by atoms with Crippen molar-refractivity contribution in [1.29, 1.82) is 0 Å². The summed E-state index contributed by atoms with van der Waals surface area (Å²) in [6, 6.07) is 5.54. The molecule has 0 bridgehead atoms. The summed E-state index contributed by atoms with van der Waals surface area (Å²) in [6.45, 7) is 12.9. The van der Waals surface area contributed by atoms with Crippen molar-refractivity contribution in [2.24, 2.45) is 0 Å². The number of nitrogen functional groups attached to an aromatic ring is 1. The van der Waals surface area contributed by atoms with E-state index in [2.05, 4.69) is 19.7 Å². The first-order valence-corrected chi connectivity index (χ1v) is 4.59. The van der Waals surface area contributed by atoms with Crippen LogP contribution in [0.5, 0.6) is 0 Å². The third kappa shape index (κ3) is 2.74. The molecule has 0 aliphatic carbocycles. The Hall–Kier alpha value is -1.96. The van der Waals surface area contributed by atoms with Gasteiger partial charge in [-0.3, -0.25) is 0 Å². The van der Waals surface area contributed by atoms with Crippen molar-refractivity contribution in [2.45, 2.75) is 6.92 Å². The van der Waals surface area contributed by atoms with Crippen molar-refractivity contribution < 1.29 is 4.74 Å². The van der Waals surface area contributed by atoms with E-state index in [0.717, 1.165) is 11.1 Å². The van der Waals surface area contributed by atoms with Gasteiger partial charge in [0.2, 0.25) is 0 Å². The van der Waals surface area contributed by atoms with Crippen molar-refractivity contribution >= 4 is 17.5 Å². The molecule has 15 heavy (non-hydrogen) atoms. The van der Waals surface area contributed by atoms with E-state index in [1.807, 2.05) is 12.1 Å². The molecule has 1 rings (SSSR count). The van der Waals surface area contributed by atoms with E-state index in [4.69, 9.17) is 10.5 Å². The highest BCUT2D eigenvalue weighted by atomic mass is 16.5. The van der Waals surface area contributed by atoms with Crippen molar-refractivity contribution in [1.82, 2.24) is 0 Å². The molecule has 0 fully saturated rings. The first-order valence-electron chi connectivity index (χ1n) is 4.59. The second-order valence-corrected chi connectivity index (χ2v) is 3.28. The number of rotatable bonds is 4. The summed E-state index contributed by atoms with van der Waals surface area (Å²) in [4.78, 5) is 0. The van der Waals surface area contributed by atoms with Crippen LogP contribution in [0.1, 0.15) is 18.1 Å². The van der Waals surface area contributed by atoms with E-state index in [1.54, 1.807) is 19.1 Å². The van der Waals surface area contributed by atoms with Gasteiger partial charge in [0.1, 0.15) is 5.76 Å². The van der Waals surface area contributed by atoms with Gasteiger partial charge in [-0.05, 0) is 30.7 Å². The van der Waals surface area contributed by atoms with E-state index in [0.29, 0.717) is 17.2 Å². The summed E-state index contributed by atoms with van der Waals surface area (Å²) in [5.41, 5.74) is 8.18. The largest absolute Gasteiger partial charge is 0.463 e. The van der Waals surface area contributed by atoms with Gasteiger partial charge in [-0.1, -0.05) is 25.8 Å². The fraction of sp³-hybridized carbons (Fsp3) is 0.0769. The van der Waals surface area contributed by atoms with Crippen LogP contribution >= 0.6 is 0 Å². The number of allylic oxidation sites excluding steroid dienone is 1. The molecule has 0 spiro atoms. The smallest absolute Gasteiger partial charge is 0.126 e. The van der Waals surface area contributed by atoms with Gasteiger partial charge in [0.05, 0.1) is 5.76 Å². The third-order valence-corrected chi connectivity index (χ3v) is 1.93. The predicted octanol–water partition coefficient (Wildman–Crippen LogP) is 3.43. The molecule has 0 atom stereocenters. The molecular formula is C13H15NO. The molecule has 2 heteroatoms. The van der Waals surface area contributed by atoms with Gasteiger partial charge in [-0.15, -0.1) is 0 Å². The molecule has 2 N–H and O–H groups in total. The van der Waals surface area contributed by atoms with Gasteiger partial charge in [-0.2, -0.15) is 0 Å². The normalized spacial score (nSPS) is 9.40. The zero-order valence-electron chi connectivity index (χ0n) is 8.92. The molecule has 0 aliphatic rings. The molecule has 78 valence electrons. The second kappa shape index (κ2) is 4.51. The summed E-state index contributed by atoms with van der Waals surface area (Å²) in [6.07, 6.45) is 1.70. The molecule has 0 aliphatic heterocycles. The summed E-state index contributed by atoms with van der Waals surface area (Å²) in [5, 5.41) is 0. The van der Waals surface area contributed by atoms with Crippen LogP contribution in [0, 0.1) is 0 Å². The van der Waals surface area contributed by atoms with Crippen LogP contribution in [0.3, 0.4) is 0 Å². The Labute approximate surface area is 90.4 Å². The first-order chi connectivity index (χ1) is 7.04. The summed E-state index contributed by atoms with van der Waals surface area (Å²) in [7, 11) is 0. The van der Waals surface area contributed by atoms with Gasteiger partial charge >= 0.3 is 0 Å². The number of hydrogen-bond acceptors (Lipinski definition) is 2. The van der Waals surface area contributed by atoms with Crippen LogP contribution in [0.4, 0.5) is 5.69 Å². The van der Waals surface area contributed by atoms with Crippen LogP contribution in [0.15, 0.2) is 43.7 Å². The highest BCUT2D eigenvalue weighted by Gasteiger charge is 2.03. The second-order valence-electron chi connectivity index (χ2n) is 3.28. The molecule has 0 unspecified atom stereocenters. The van der Waals surface area contributed by atoms with Crippen molar-refractivity contribution in [3.8, 4) is 0 Å². The van der Waals surface area contributed by atoms with E-state index < -0.39 is 0 Å². The molecule has 0 amide bonds. The summed E-state index contributed by atoms with van der Waals surface area (Å²) >= 11 is 0. The molecule has 1 aromatic rings. The van der Waals surface area contributed by atoms with Crippen molar-refractivity contribution in [2.75, 3.05) is 5.73 Å². The lowest BCUT2D eigenvalue weighted by Gasteiger charge is -2.09. The molecule has 1 aromatic carbocycles. The summed E-state index contributed by atoms with van der Waals surface area (Å²) in [5.74, 6) is 1.17. The minimum atomic E-state index is 0.561. The zero-order valence-corrected chi connectivity index (χ0v) is 8.92. The number of ether oxygens (including phenoxy) is 1. The van der Waals surface area contributed by atoms with Crippen molar-refractivity contribution in [3.05, 3.63) is 54.8 Å². The molecular weight excluding hydrogens is 186 g/mol. The van der Waals surface area contributed by atoms with Gasteiger partial charge in [0.25, 0.3) is 0 Å². The Morgan fingerprint density at radius 1 is 1.40 bits per heavy atom. The Morgan fingerprint density at radius 3 is 2.60 bits per heavy atom. The average molecular weight is 201 g/mol. The fourth-order valence-corrected chi connectivity index (χ4v) is 1.19. The number of benzene rings is 1. The van der Waals surface area contributed by atoms with Gasteiger partial charge in [-0.25, -0.2) is 0 Å². The van der Waals surface area contributed by atoms with Crippen LogP contribution in [-0.2, 0) is 4.74 Å². The van der Waals surface area contributed by atoms with Crippen LogP contribution in [0.25, 0.3) is 11.8 Å². The Balaban J connectivity index is 3.00. The minimum absolute atomic E-state index is 0.561. The minimum Gasteiger partial charge on any atom is -0.463 e. The standard InChI is InChI=1S/C13H15NO/c1-5-11-8-12(6-7-13(11)14)10(4)15-9(2)3/h5-8H,1-2,4,14H2,3H3.